The summed E-state index contributed by atoms with van der Waals surface area (Å²) in [6, 6.07) is 15.3. The molecule has 0 aliphatic rings. The van der Waals surface area contributed by atoms with Crippen molar-refractivity contribution in [2.24, 2.45) is 0 Å². The van der Waals surface area contributed by atoms with E-state index in [1.54, 1.807) is 14.2 Å². The Bertz CT molecular complexity index is 532. The van der Waals surface area contributed by atoms with E-state index in [0.717, 1.165) is 42.3 Å². The lowest BCUT2D eigenvalue weighted by atomic mass is 10.2. The van der Waals surface area contributed by atoms with Gasteiger partial charge in [0.2, 0.25) is 0 Å². The SMILES string of the molecule is COc1cccc(OCCCCCOc2cccc(OC)c2)c1. The number of rotatable bonds is 10. The first-order valence-corrected chi connectivity index (χ1v) is 7.85. The molecule has 0 saturated heterocycles. The number of methoxy groups -OCH3 is 2. The zero-order valence-electron chi connectivity index (χ0n) is 13.8. The molecular weight excluding hydrogens is 292 g/mol. The molecule has 2 rings (SSSR count). The Morgan fingerprint density at radius 1 is 0.609 bits per heavy atom. The van der Waals surface area contributed by atoms with Gasteiger partial charge in [0.1, 0.15) is 23.0 Å². The van der Waals surface area contributed by atoms with Crippen molar-refractivity contribution in [3.8, 4) is 23.0 Å². The van der Waals surface area contributed by atoms with Crippen LogP contribution in [0.1, 0.15) is 19.3 Å². The minimum absolute atomic E-state index is 0.701. The second-order valence-corrected chi connectivity index (χ2v) is 5.12. The molecule has 4 heteroatoms. The lowest BCUT2D eigenvalue weighted by Gasteiger charge is -2.09. The van der Waals surface area contributed by atoms with E-state index in [4.69, 9.17) is 18.9 Å². The molecule has 2 aromatic rings. The first kappa shape index (κ1) is 17.0. The molecule has 124 valence electrons. The lowest BCUT2D eigenvalue weighted by Crippen LogP contribution is -2.01. The third kappa shape index (κ3) is 6.10. The molecule has 0 aromatic heterocycles. The third-order valence-corrected chi connectivity index (χ3v) is 3.41. The van der Waals surface area contributed by atoms with E-state index < -0.39 is 0 Å². The highest BCUT2D eigenvalue weighted by Crippen LogP contribution is 2.20. The second kappa shape index (κ2) is 9.62. The molecule has 23 heavy (non-hydrogen) atoms. The van der Waals surface area contributed by atoms with Crippen LogP contribution in [0.25, 0.3) is 0 Å². The Morgan fingerprint density at radius 2 is 1.04 bits per heavy atom. The molecule has 0 amide bonds. The predicted octanol–water partition coefficient (Wildman–Crippen LogP) is 4.33. The maximum absolute atomic E-state index is 5.71. The minimum atomic E-state index is 0.701. The number of benzene rings is 2. The summed E-state index contributed by atoms with van der Waals surface area (Å²) in [5, 5.41) is 0. The van der Waals surface area contributed by atoms with E-state index in [0.29, 0.717) is 13.2 Å². The summed E-state index contributed by atoms with van der Waals surface area (Å²) in [6.45, 7) is 1.40. The Morgan fingerprint density at radius 3 is 1.48 bits per heavy atom. The highest BCUT2D eigenvalue weighted by atomic mass is 16.5. The zero-order valence-corrected chi connectivity index (χ0v) is 13.8. The van der Waals surface area contributed by atoms with E-state index >= 15 is 0 Å². The molecule has 0 unspecified atom stereocenters. The van der Waals surface area contributed by atoms with Gasteiger partial charge >= 0.3 is 0 Å². The summed E-state index contributed by atoms with van der Waals surface area (Å²) >= 11 is 0. The average molecular weight is 316 g/mol. The van der Waals surface area contributed by atoms with Crippen molar-refractivity contribution in [1.29, 1.82) is 0 Å². The number of hydrogen-bond donors (Lipinski definition) is 0. The van der Waals surface area contributed by atoms with Crippen molar-refractivity contribution < 1.29 is 18.9 Å². The summed E-state index contributed by atoms with van der Waals surface area (Å²) in [5.74, 6) is 3.32. The summed E-state index contributed by atoms with van der Waals surface area (Å²) < 4.78 is 21.7. The van der Waals surface area contributed by atoms with Crippen LogP contribution in [0.4, 0.5) is 0 Å². The fourth-order valence-corrected chi connectivity index (χ4v) is 2.14. The monoisotopic (exact) mass is 316 g/mol. The Kier molecular flexibility index (Phi) is 7.11. The van der Waals surface area contributed by atoms with Crippen LogP contribution in [0.5, 0.6) is 23.0 Å². The Hall–Kier alpha value is -2.36. The van der Waals surface area contributed by atoms with Crippen LogP contribution in [-0.2, 0) is 0 Å². The van der Waals surface area contributed by atoms with Crippen LogP contribution in [0.2, 0.25) is 0 Å². The van der Waals surface area contributed by atoms with Gasteiger partial charge in [0.15, 0.2) is 0 Å². The van der Waals surface area contributed by atoms with Gasteiger partial charge in [-0.15, -0.1) is 0 Å². The van der Waals surface area contributed by atoms with Gasteiger partial charge in [-0.05, 0) is 43.5 Å². The van der Waals surface area contributed by atoms with E-state index in [2.05, 4.69) is 0 Å². The largest absolute Gasteiger partial charge is 0.497 e. The highest BCUT2D eigenvalue weighted by Gasteiger charge is 1.98. The number of ether oxygens (including phenoxy) is 4. The van der Waals surface area contributed by atoms with Gasteiger partial charge in [0, 0.05) is 12.1 Å². The van der Waals surface area contributed by atoms with Crippen molar-refractivity contribution in [1.82, 2.24) is 0 Å². The second-order valence-electron chi connectivity index (χ2n) is 5.12. The zero-order chi connectivity index (χ0) is 16.3. The van der Waals surface area contributed by atoms with Crippen LogP contribution in [0.3, 0.4) is 0 Å². The quantitative estimate of drug-likeness (QED) is 0.611. The third-order valence-electron chi connectivity index (χ3n) is 3.41. The van der Waals surface area contributed by atoms with Gasteiger partial charge in [-0.1, -0.05) is 12.1 Å². The molecule has 0 spiro atoms. The van der Waals surface area contributed by atoms with Crippen molar-refractivity contribution in [3.05, 3.63) is 48.5 Å². The molecular formula is C19H24O4. The van der Waals surface area contributed by atoms with Gasteiger partial charge in [0.05, 0.1) is 27.4 Å². The van der Waals surface area contributed by atoms with Crippen LogP contribution in [-0.4, -0.2) is 27.4 Å². The lowest BCUT2D eigenvalue weighted by molar-refractivity contribution is 0.278. The number of hydrogen-bond acceptors (Lipinski definition) is 4. The molecule has 0 radical (unpaired) electrons. The normalized spacial score (nSPS) is 10.2. The standard InChI is InChI=1S/C19H24O4/c1-20-16-8-6-10-18(14-16)22-12-4-3-5-13-23-19-11-7-9-17(15-19)21-2/h6-11,14-15H,3-5,12-13H2,1-2H3. The van der Waals surface area contributed by atoms with Crippen molar-refractivity contribution in [3.63, 3.8) is 0 Å². The number of unbranched alkanes of at least 4 members (excludes halogenated alkanes) is 2. The van der Waals surface area contributed by atoms with Gasteiger partial charge in [0.25, 0.3) is 0 Å². The maximum atomic E-state index is 5.71. The highest BCUT2D eigenvalue weighted by molar-refractivity contribution is 5.33. The smallest absolute Gasteiger partial charge is 0.122 e. The van der Waals surface area contributed by atoms with Crippen LogP contribution in [0, 0.1) is 0 Å². The molecule has 0 atom stereocenters. The first-order chi connectivity index (χ1) is 11.3. The molecule has 4 nitrogen and oxygen atoms in total. The topological polar surface area (TPSA) is 36.9 Å². The fourth-order valence-electron chi connectivity index (χ4n) is 2.14. The minimum Gasteiger partial charge on any atom is -0.497 e. The summed E-state index contributed by atoms with van der Waals surface area (Å²) in [7, 11) is 3.31. The molecule has 0 aliphatic heterocycles. The average Bonchev–Trinajstić information content (AvgIpc) is 2.61. The van der Waals surface area contributed by atoms with Crippen LogP contribution >= 0.6 is 0 Å². The summed E-state index contributed by atoms with van der Waals surface area (Å²) in [5.41, 5.74) is 0. The van der Waals surface area contributed by atoms with E-state index in [1.165, 1.54) is 0 Å². The summed E-state index contributed by atoms with van der Waals surface area (Å²) in [4.78, 5) is 0. The van der Waals surface area contributed by atoms with E-state index in [-0.39, 0.29) is 0 Å². The molecule has 0 N–H and O–H groups in total. The van der Waals surface area contributed by atoms with E-state index in [1.807, 2.05) is 48.5 Å². The van der Waals surface area contributed by atoms with Gasteiger partial charge < -0.3 is 18.9 Å². The van der Waals surface area contributed by atoms with Gasteiger partial charge in [-0.2, -0.15) is 0 Å². The van der Waals surface area contributed by atoms with E-state index in [9.17, 15) is 0 Å². The van der Waals surface area contributed by atoms with Crippen molar-refractivity contribution in [2.45, 2.75) is 19.3 Å². The molecule has 2 aromatic carbocycles. The maximum Gasteiger partial charge on any atom is 0.122 e. The van der Waals surface area contributed by atoms with Crippen molar-refractivity contribution >= 4 is 0 Å². The molecule has 0 aliphatic carbocycles. The Labute approximate surface area is 137 Å². The molecule has 0 bridgehead atoms. The van der Waals surface area contributed by atoms with Gasteiger partial charge in [-0.3, -0.25) is 0 Å². The first-order valence-electron chi connectivity index (χ1n) is 7.85. The Balaban J connectivity index is 1.57. The van der Waals surface area contributed by atoms with Gasteiger partial charge in [-0.25, -0.2) is 0 Å². The molecule has 0 heterocycles. The predicted molar refractivity (Wildman–Crippen MR) is 90.8 cm³/mol. The van der Waals surface area contributed by atoms with Crippen LogP contribution < -0.4 is 18.9 Å². The molecule has 0 fully saturated rings. The van der Waals surface area contributed by atoms with Crippen LogP contribution in [0.15, 0.2) is 48.5 Å². The van der Waals surface area contributed by atoms with Crippen molar-refractivity contribution in [2.75, 3.05) is 27.4 Å². The fraction of sp³-hybridized carbons (Fsp3) is 0.368. The molecule has 0 saturated carbocycles. The summed E-state index contributed by atoms with van der Waals surface area (Å²) in [6.07, 6.45) is 3.06.